The topological polar surface area (TPSA) is 43.1 Å². The minimum Gasteiger partial charge on any atom is -0.370 e. The Hall–Kier alpha value is 0.110. The van der Waals surface area contributed by atoms with Gasteiger partial charge in [-0.05, 0) is 5.75 Å². The van der Waals surface area contributed by atoms with Crippen molar-refractivity contribution in [1.29, 1.82) is 0 Å². The zero-order valence-electron chi connectivity index (χ0n) is 3.76. The van der Waals surface area contributed by atoms with E-state index in [0.29, 0.717) is 12.2 Å². The zero-order chi connectivity index (χ0) is 4.99. The van der Waals surface area contributed by atoms with Crippen molar-refractivity contribution in [3.05, 3.63) is 0 Å². The first kappa shape index (κ1) is 10.2. The minimum atomic E-state index is -0.287. The molecule has 0 aliphatic carbocycles. The highest BCUT2D eigenvalue weighted by Crippen LogP contribution is 1.77. The second-order valence-electron chi connectivity index (χ2n) is 0.940. The fourth-order valence-electron chi connectivity index (χ4n) is 0.110. The summed E-state index contributed by atoms with van der Waals surface area (Å²) < 4.78 is 0. The van der Waals surface area contributed by atoms with Gasteiger partial charge in [0, 0.05) is 6.42 Å². The zero-order valence-corrected chi connectivity index (χ0v) is 5.47. The van der Waals surface area contributed by atoms with E-state index >= 15 is 0 Å². The summed E-state index contributed by atoms with van der Waals surface area (Å²) in [6, 6.07) is 0. The first-order valence-corrected chi connectivity index (χ1v) is 2.30. The molecule has 0 saturated heterocycles. The second kappa shape index (κ2) is 6.11. The number of nitrogens with two attached hydrogens (primary N) is 1. The van der Waals surface area contributed by atoms with E-state index in [1.807, 2.05) is 0 Å². The summed E-state index contributed by atoms with van der Waals surface area (Å²) in [5.74, 6) is 0.264. The predicted octanol–water partition coefficient (Wildman–Crippen LogP) is 0.213. The van der Waals surface area contributed by atoms with Crippen LogP contribution in [-0.2, 0) is 4.79 Å². The Labute approximate surface area is 54.3 Å². The molecule has 0 aromatic carbocycles. The van der Waals surface area contributed by atoms with E-state index in [-0.39, 0.29) is 18.3 Å². The third kappa shape index (κ3) is 10.7. The molecule has 0 spiro atoms. The van der Waals surface area contributed by atoms with Crippen LogP contribution in [0.15, 0.2) is 0 Å². The van der Waals surface area contributed by atoms with Gasteiger partial charge in [-0.1, -0.05) is 0 Å². The summed E-state index contributed by atoms with van der Waals surface area (Å²) in [6.45, 7) is 0. The quantitative estimate of drug-likeness (QED) is 0.531. The maximum atomic E-state index is 9.77. The molecule has 2 nitrogen and oxygen atoms in total. The van der Waals surface area contributed by atoms with E-state index in [1.165, 1.54) is 0 Å². The molecule has 0 aliphatic rings. The molecule has 0 saturated carbocycles. The predicted molar refractivity (Wildman–Crippen MR) is 34.9 cm³/mol. The van der Waals surface area contributed by atoms with Crippen LogP contribution < -0.4 is 5.73 Å². The van der Waals surface area contributed by atoms with Gasteiger partial charge in [0.05, 0.1) is 0 Å². The van der Waals surface area contributed by atoms with Gasteiger partial charge >= 0.3 is 0 Å². The number of amides is 1. The lowest BCUT2D eigenvalue weighted by atomic mass is 10.5. The van der Waals surface area contributed by atoms with E-state index < -0.39 is 0 Å². The SMILES string of the molecule is Cl.NC(=O)CCS. The van der Waals surface area contributed by atoms with Gasteiger partial charge in [-0.25, -0.2) is 0 Å². The molecule has 0 radical (unpaired) electrons. The largest absolute Gasteiger partial charge is 0.370 e. The third-order valence-electron chi connectivity index (χ3n) is 0.358. The number of halogens is 1. The van der Waals surface area contributed by atoms with Crippen LogP contribution >= 0.6 is 25.0 Å². The van der Waals surface area contributed by atoms with Gasteiger partial charge in [0.1, 0.15) is 0 Å². The number of hydrogen-bond donors (Lipinski definition) is 2. The van der Waals surface area contributed by atoms with E-state index in [1.54, 1.807) is 0 Å². The number of rotatable bonds is 2. The molecule has 0 atom stereocenters. The second-order valence-corrected chi connectivity index (χ2v) is 1.39. The van der Waals surface area contributed by atoms with Crippen molar-refractivity contribution in [1.82, 2.24) is 0 Å². The van der Waals surface area contributed by atoms with Crippen LogP contribution in [0.25, 0.3) is 0 Å². The van der Waals surface area contributed by atoms with Gasteiger partial charge in [-0.2, -0.15) is 12.6 Å². The van der Waals surface area contributed by atoms with Crippen LogP contribution in [0, 0.1) is 0 Å². The molecule has 4 heteroatoms. The van der Waals surface area contributed by atoms with Gasteiger partial charge < -0.3 is 5.73 Å². The summed E-state index contributed by atoms with van der Waals surface area (Å²) in [4.78, 5) is 9.77. The molecule has 0 heterocycles. The molecular formula is C3H8ClNOS. The smallest absolute Gasteiger partial charge is 0.218 e. The number of thiol groups is 1. The molecule has 0 aliphatic heterocycles. The highest BCUT2D eigenvalue weighted by molar-refractivity contribution is 7.80. The van der Waals surface area contributed by atoms with Crippen molar-refractivity contribution in [3.8, 4) is 0 Å². The molecule has 1 amide bonds. The number of primary amides is 1. The minimum absolute atomic E-state index is 0. The maximum Gasteiger partial charge on any atom is 0.218 e. The lowest BCUT2D eigenvalue weighted by Gasteiger charge is -1.80. The van der Waals surface area contributed by atoms with Crippen molar-refractivity contribution in [2.24, 2.45) is 5.73 Å². The highest BCUT2D eigenvalue weighted by atomic mass is 35.5. The third-order valence-corrected chi connectivity index (χ3v) is 0.582. The van der Waals surface area contributed by atoms with Gasteiger partial charge in [0.25, 0.3) is 0 Å². The van der Waals surface area contributed by atoms with Crippen LogP contribution in [-0.4, -0.2) is 11.7 Å². The van der Waals surface area contributed by atoms with Crippen molar-refractivity contribution in [2.75, 3.05) is 5.75 Å². The Kier molecular flexibility index (Phi) is 8.87. The van der Waals surface area contributed by atoms with Crippen molar-refractivity contribution in [2.45, 2.75) is 6.42 Å². The fourth-order valence-corrected chi connectivity index (χ4v) is 0.331. The van der Waals surface area contributed by atoms with E-state index in [0.717, 1.165) is 0 Å². The van der Waals surface area contributed by atoms with Crippen LogP contribution in [0.5, 0.6) is 0 Å². The first-order valence-electron chi connectivity index (χ1n) is 1.66. The van der Waals surface area contributed by atoms with E-state index in [9.17, 15) is 4.79 Å². The van der Waals surface area contributed by atoms with Crippen LogP contribution in [0.2, 0.25) is 0 Å². The first-order chi connectivity index (χ1) is 2.77. The Morgan fingerprint density at radius 3 is 2.14 bits per heavy atom. The van der Waals surface area contributed by atoms with Gasteiger partial charge in [-0.15, -0.1) is 12.4 Å². The number of hydrogen-bond acceptors (Lipinski definition) is 2. The van der Waals surface area contributed by atoms with Gasteiger partial charge in [0.2, 0.25) is 5.91 Å². The fraction of sp³-hybridized carbons (Fsp3) is 0.667. The Bertz CT molecular complexity index is 58.9. The van der Waals surface area contributed by atoms with Crippen LogP contribution in [0.3, 0.4) is 0 Å². The molecule has 0 aromatic heterocycles. The standard InChI is InChI=1S/C3H7NOS.ClH/c4-3(5)1-2-6;/h6H,1-2H2,(H2,4,5);1H. The Balaban J connectivity index is 0. The molecule has 0 rings (SSSR count). The van der Waals surface area contributed by atoms with Crippen LogP contribution in [0.4, 0.5) is 0 Å². The number of carbonyl (C=O) groups excluding carboxylic acids is 1. The molecule has 0 fully saturated rings. The summed E-state index contributed by atoms with van der Waals surface area (Å²) in [5.41, 5.74) is 4.72. The Morgan fingerprint density at radius 2 is 2.14 bits per heavy atom. The molecule has 0 unspecified atom stereocenters. The monoisotopic (exact) mass is 141 g/mol. The van der Waals surface area contributed by atoms with E-state index in [4.69, 9.17) is 5.73 Å². The van der Waals surface area contributed by atoms with Crippen molar-refractivity contribution < 1.29 is 4.79 Å². The maximum absolute atomic E-state index is 9.77. The summed E-state index contributed by atoms with van der Waals surface area (Å²) >= 11 is 3.76. The van der Waals surface area contributed by atoms with Gasteiger partial charge in [0.15, 0.2) is 0 Å². The number of carbonyl (C=O) groups is 1. The summed E-state index contributed by atoms with van der Waals surface area (Å²) in [7, 11) is 0. The Morgan fingerprint density at radius 1 is 1.71 bits per heavy atom. The summed E-state index contributed by atoms with van der Waals surface area (Å²) in [5, 5.41) is 0. The average molecular weight is 142 g/mol. The van der Waals surface area contributed by atoms with Gasteiger partial charge in [-0.3, -0.25) is 4.79 Å². The summed E-state index contributed by atoms with van der Waals surface area (Å²) in [6.07, 6.45) is 0.378. The van der Waals surface area contributed by atoms with Crippen molar-refractivity contribution in [3.63, 3.8) is 0 Å². The molecule has 7 heavy (non-hydrogen) atoms. The molecule has 0 bridgehead atoms. The molecule has 0 aromatic rings. The van der Waals surface area contributed by atoms with E-state index in [2.05, 4.69) is 12.6 Å². The normalized spacial score (nSPS) is 7.00. The average Bonchev–Trinajstić information content (AvgIpc) is 1.35. The van der Waals surface area contributed by atoms with Crippen LogP contribution in [0.1, 0.15) is 6.42 Å². The lowest BCUT2D eigenvalue weighted by molar-refractivity contribution is -0.117. The lowest BCUT2D eigenvalue weighted by Crippen LogP contribution is -2.09. The highest BCUT2D eigenvalue weighted by Gasteiger charge is 1.85. The molecular weight excluding hydrogens is 134 g/mol. The molecule has 2 N–H and O–H groups in total. The van der Waals surface area contributed by atoms with Crippen molar-refractivity contribution >= 4 is 30.9 Å². The molecule has 44 valence electrons.